The van der Waals surface area contributed by atoms with Crippen molar-refractivity contribution < 1.29 is 22.7 Å². The lowest BCUT2D eigenvalue weighted by Gasteiger charge is -2.28. The van der Waals surface area contributed by atoms with Crippen LogP contribution in [0, 0.1) is 0 Å². The van der Waals surface area contributed by atoms with Crippen molar-refractivity contribution in [3.8, 4) is 11.5 Å². The van der Waals surface area contributed by atoms with Gasteiger partial charge < -0.3 is 14.8 Å². The predicted octanol–water partition coefficient (Wildman–Crippen LogP) is 3.73. The minimum absolute atomic E-state index is 0.0669. The molecule has 1 N–H and O–H groups in total. The number of carbonyl (C=O) groups is 1. The fourth-order valence-corrected chi connectivity index (χ4v) is 4.38. The van der Waals surface area contributed by atoms with Gasteiger partial charge in [-0.3, -0.25) is 9.10 Å². The van der Waals surface area contributed by atoms with Gasteiger partial charge in [-0.15, -0.1) is 0 Å². The van der Waals surface area contributed by atoms with E-state index >= 15 is 0 Å². The molecule has 32 heavy (non-hydrogen) atoms. The number of carbonyl (C=O) groups excluding carboxylic acids is 1. The number of hydrogen-bond donors (Lipinski definition) is 1. The molecular weight excluding hydrogens is 428 g/mol. The first-order chi connectivity index (χ1) is 14.9. The smallest absolute Gasteiger partial charge is 0.243 e. The third kappa shape index (κ3) is 7.15. The van der Waals surface area contributed by atoms with E-state index in [1.807, 2.05) is 31.2 Å². The molecule has 0 aliphatic rings. The van der Waals surface area contributed by atoms with Gasteiger partial charge in [0.15, 0.2) is 0 Å². The Balaban J connectivity index is 1.95. The Morgan fingerprint density at radius 1 is 1.00 bits per heavy atom. The number of hydrogen-bond acceptors (Lipinski definition) is 5. The molecule has 2 aromatic rings. The number of rotatable bonds is 10. The summed E-state index contributed by atoms with van der Waals surface area (Å²) in [5.41, 5.74) is 1.67. The highest BCUT2D eigenvalue weighted by Gasteiger charge is 2.29. The summed E-state index contributed by atoms with van der Waals surface area (Å²) in [5.74, 6) is 0.943. The Morgan fingerprint density at radius 3 is 2.03 bits per heavy atom. The highest BCUT2D eigenvalue weighted by Crippen LogP contribution is 2.25. The number of nitrogens with one attached hydrogen (secondary N) is 1. The van der Waals surface area contributed by atoms with Gasteiger partial charge in [0, 0.05) is 0 Å². The summed E-state index contributed by atoms with van der Waals surface area (Å²) in [7, 11) is -3.68. The summed E-state index contributed by atoms with van der Waals surface area (Å²) in [5, 5.41) is 2.75. The average molecular weight is 463 g/mol. The minimum atomic E-state index is -3.68. The summed E-state index contributed by atoms with van der Waals surface area (Å²) in [6.45, 7) is 10.9. The zero-order valence-electron chi connectivity index (χ0n) is 19.7. The first-order valence-corrected chi connectivity index (χ1v) is 12.5. The maximum atomic E-state index is 12.6. The molecule has 8 heteroatoms. The molecule has 0 aliphatic heterocycles. The second kappa shape index (κ2) is 10.7. The number of anilines is 1. The van der Waals surface area contributed by atoms with Crippen LogP contribution in [0.15, 0.2) is 48.5 Å². The predicted molar refractivity (Wildman–Crippen MR) is 128 cm³/mol. The summed E-state index contributed by atoms with van der Waals surface area (Å²) < 4.78 is 37.0. The van der Waals surface area contributed by atoms with Crippen LogP contribution in [0.5, 0.6) is 11.5 Å². The van der Waals surface area contributed by atoms with Crippen molar-refractivity contribution in [1.82, 2.24) is 5.32 Å². The van der Waals surface area contributed by atoms with E-state index in [2.05, 4.69) is 26.1 Å². The van der Waals surface area contributed by atoms with E-state index in [-0.39, 0.29) is 18.6 Å². The standard InChI is InChI=1S/C24H34N2O5S/c1-7-30-21-14-10-20(11-15-21)26(32(6,28)29)18(2)23(27)25-16-17-31-22-12-8-19(9-13-22)24(3,4)5/h8-15,18H,7,16-17H2,1-6H3,(H,25,27)/t18-/m1/s1. The molecule has 0 saturated heterocycles. The van der Waals surface area contributed by atoms with Gasteiger partial charge in [-0.05, 0) is 61.2 Å². The maximum absolute atomic E-state index is 12.6. The van der Waals surface area contributed by atoms with Crippen LogP contribution >= 0.6 is 0 Å². The zero-order valence-corrected chi connectivity index (χ0v) is 20.5. The number of amides is 1. The van der Waals surface area contributed by atoms with Gasteiger partial charge in [0.2, 0.25) is 15.9 Å². The molecule has 0 aliphatic carbocycles. The third-order valence-corrected chi connectivity index (χ3v) is 6.12. The quantitative estimate of drug-likeness (QED) is 0.544. The summed E-state index contributed by atoms with van der Waals surface area (Å²) in [6, 6.07) is 13.5. The van der Waals surface area contributed by atoms with E-state index in [9.17, 15) is 13.2 Å². The Hall–Kier alpha value is -2.74. The molecule has 0 heterocycles. The Morgan fingerprint density at radius 2 is 1.53 bits per heavy atom. The molecule has 0 spiro atoms. The average Bonchev–Trinajstić information content (AvgIpc) is 2.71. The highest BCUT2D eigenvalue weighted by molar-refractivity contribution is 7.92. The Bertz CT molecular complexity index is 981. The Kier molecular flexibility index (Phi) is 8.55. The largest absolute Gasteiger partial charge is 0.494 e. The van der Waals surface area contributed by atoms with E-state index < -0.39 is 22.0 Å². The number of benzene rings is 2. The van der Waals surface area contributed by atoms with Crippen molar-refractivity contribution in [1.29, 1.82) is 0 Å². The molecule has 1 atom stereocenters. The zero-order chi connectivity index (χ0) is 23.9. The lowest BCUT2D eigenvalue weighted by molar-refractivity contribution is -0.121. The van der Waals surface area contributed by atoms with Gasteiger partial charge in [-0.1, -0.05) is 32.9 Å². The summed E-state index contributed by atoms with van der Waals surface area (Å²) >= 11 is 0. The van der Waals surface area contributed by atoms with E-state index in [4.69, 9.17) is 9.47 Å². The van der Waals surface area contributed by atoms with Crippen LogP contribution < -0.4 is 19.1 Å². The molecule has 0 bridgehead atoms. The van der Waals surface area contributed by atoms with Gasteiger partial charge in [0.25, 0.3) is 0 Å². The van der Waals surface area contributed by atoms with Gasteiger partial charge >= 0.3 is 0 Å². The molecule has 2 rings (SSSR count). The molecule has 0 unspecified atom stereocenters. The topological polar surface area (TPSA) is 84.9 Å². The second-order valence-electron chi connectivity index (χ2n) is 8.58. The van der Waals surface area contributed by atoms with E-state index in [1.165, 1.54) is 5.56 Å². The molecule has 0 aromatic heterocycles. The van der Waals surface area contributed by atoms with Crippen molar-refractivity contribution in [3.05, 3.63) is 54.1 Å². The summed E-state index contributed by atoms with van der Waals surface area (Å²) in [4.78, 5) is 12.6. The van der Waals surface area contributed by atoms with E-state index in [0.717, 1.165) is 10.6 Å². The van der Waals surface area contributed by atoms with Crippen molar-refractivity contribution in [2.75, 3.05) is 30.3 Å². The fourth-order valence-electron chi connectivity index (χ4n) is 3.21. The monoisotopic (exact) mass is 462 g/mol. The minimum Gasteiger partial charge on any atom is -0.494 e. The van der Waals surface area contributed by atoms with Crippen LogP contribution in [0.4, 0.5) is 5.69 Å². The van der Waals surface area contributed by atoms with Crippen LogP contribution in [0.1, 0.15) is 40.2 Å². The number of sulfonamides is 1. The fraction of sp³-hybridized carbons (Fsp3) is 0.458. The molecule has 0 saturated carbocycles. The molecular formula is C24H34N2O5S. The lowest BCUT2D eigenvalue weighted by Crippen LogP contribution is -2.48. The van der Waals surface area contributed by atoms with Gasteiger partial charge in [0.1, 0.15) is 24.1 Å². The van der Waals surface area contributed by atoms with Gasteiger partial charge in [-0.2, -0.15) is 0 Å². The molecule has 0 fully saturated rings. The number of ether oxygens (including phenoxy) is 2. The van der Waals surface area contributed by atoms with Crippen molar-refractivity contribution in [3.63, 3.8) is 0 Å². The van der Waals surface area contributed by atoms with Crippen molar-refractivity contribution in [2.45, 2.75) is 46.1 Å². The lowest BCUT2D eigenvalue weighted by atomic mass is 9.87. The molecule has 176 valence electrons. The highest BCUT2D eigenvalue weighted by atomic mass is 32.2. The Labute approximate surface area is 191 Å². The van der Waals surface area contributed by atoms with Crippen LogP contribution in [-0.4, -0.2) is 46.4 Å². The molecule has 0 radical (unpaired) electrons. The summed E-state index contributed by atoms with van der Waals surface area (Å²) in [6.07, 6.45) is 1.08. The van der Waals surface area contributed by atoms with E-state index in [1.54, 1.807) is 31.2 Å². The molecule has 2 aromatic carbocycles. The van der Waals surface area contributed by atoms with E-state index in [0.29, 0.717) is 23.8 Å². The molecule has 1 amide bonds. The van der Waals surface area contributed by atoms with Crippen molar-refractivity contribution >= 4 is 21.6 Å². The molecule has 7 nitrogen and oxygen atoms in total. The number of nitrogens with zero attached hydrogens (tertiary/aromatic N) is 1. The van der Waals surface area contributed by atoms with Crippen LogP contribution in [0.3, 0.4) is 0 Å². The van der Waals surface area contributed by atoms with Crippen LogP contribution in [0.2, 0.25) is 0 Å². The normalized spacial score (nSPS) is 12.7. The first-order valence-electron chi connectivity index (χ1n) is 10.7. The second-order valence-corrected chi connectivity index (χ2v) is 10.4. The van der Waals surface area contributed by atoms with Gasteiger partial charge in [-0.25, -0.2) is 8.42 Å². The first kappa shape index (κ1) is 25.5. The van der Waals surface area contributed by atoms with Crippen LogP contribution in [0.25, 0.3) is 0 Å². The SMILES string of the molecule is CCOc1ccc(N([C@H](C)C(=O)NCCOc2ccc(C(C)(C)C)cc2)S(C)(=O)=O)cc1. The maximum Gasteiger partial charge on any atom is 0.243 e. The van der Waals surface area contributed by atoms with Gasteiger partial charge in [0.05, 0.1) is 25.1 Å². The van der Waals surface area contributed by atoms with Crippen molar-refractivity contribution in [2.24, 2.45) is 0 Å². The van der Waals surface area contributed by atoms with Crippen LogP contribution in [-0.2, 0) is 20.2 Å². The third-order valence-electron chi connectivity index (χ3n) is 4.88.